The molecule has 1 amide bonds. The van der Waals surface area contributed by atoms with Crippen LogP contribution in [0.2, 0.25) is 0 Å². The summed E-state index contributed by atoms with van der Waals surface area (Å²) in [5, 5.41) is 3.25. The fourth-order valence-electron chi connectivity index (χ4n) is 3.76. The molecule has 31 heavy (non-hydrogen) atoms. The zero-order chi connectivity index (χ0) is 21.5. The van der Waals surface area contributed by atoms with E-state index in [1.54, 1.807) is 6.20 Å². The highest BCUT2D eigenvalue weighted by Crippen LogP contribution is 2.29. The summed E-state index contributed by atoms with van der Waals surface area (Å²) >= 11 is 0. The Morgan fingerprint density at radius 2 is 1.42 bits per heavy atom. The third-order valence-electron chi connectivity index (χ3n) is 5.50. The Morgan fingerprint density at radius 1 is 0.871 bits per heavy atom. The molecule has 0 spiro atoms. The van der Waals surface area contributed by atoms with Gasteiger partial charge in [-0.05, 0) is 24.5 Å². The Morgan fingerprint density at radius 3 is 2.00 bits per heavy atom. The standard InChI is InChI=1S/C27H26N2O2/c1-27(22-14-7-3-8-15-22,23-16-9-4-10-17-23)29-25(30)18-11-19-26-28-20-24(31-26)21-12-5-2-6-13-21/h2-10,12-17,20H,11,18-19H2,1H3,(H,29,30). The van der Waals surface area contributed by atoms with Crippen molar-refractivity contribution < 1.29 is 9.21 Å². The number of hydrogen-bond acceptors (Lipinski definition) is 3. The molecule has 4 rings (SSSR count). The molecule has 4 heteroatoms. The molecule has 4 aromatic rings. The first-order valence-corrected chi connectivity index (χ1v) is 10.6. The van der Waals surface area contributed by atoms with Gasteiger partial charge in [-0.25, -0.2) is 4.98 Å². The van der Waals surface area contributed by atoms with Gasteiger partial charge in [0.25, 0.3) is 0 Å². The molecule has 0 saturated carbocycles. The summed E-state index contributed by atoms with van der Waals surface area (Å²) in [5.74, 6) is 1.41. The lowest BCUT2D eigenvalue weighted by Crippen LogP contribution is -2.44. The quantitative estimate of drug-likeness (QED) is 0.403. The lowest BCUT2D eigenvalue weighted by Gasteiger charge is -2.32. The van der Waals surface area contributed by atoms with Crippen LogP contribution >= 0.6 is 0 Å². The van der Waals surface area contributed by atoms with Gasteiger partial charge in [-0.2, -0.15) is 0 Å². The second-order valence-corrected chi connectivity index (χ2v) is 7.74. The minimum Gasteiger partial charge on any atom is -0.441 e. The van der Waals surface area contributed by atoms with E-state index in [-0.39, 0.29) is 5.91 Å². The van der Waals surface area contributed by atoms with Gasteiger partial charge in [0.15, 0.2) is 11.7 Å². The SMILES string of the molecule is CC(NC(=O)CCCc1ncc(-c2ccccc2)o1)(c1ccccc1)c1ccccc1. The van der Waals surface area contributed by atoms with Crippen LogP contribution in [0.5, 0.6) is 0 Å². The van der Waals surface area contributed by atoms with Gasteiger partial charge in [0.05, 0.1) is 11.7 Å². The van der Waals surface area contributed by atoms with E-state index in [0.29, 0.717) is 25.2 Å². The molecule has 0 fully saturated rings. The van der Waals surface area contributed by atoms with Crippen LogP contribution in [-0.4, -0.2) is 10.9 Å². The van der Waals surface area contributed by atoms with Crippen molar-refractivity contribution in [2.45, 2.75) is 31.7 Å². The van der Waals surface area contributed by atoms with Gasteiger partial charge in [0, 0.05) is 18.4 Å². The summed E-state index contributed by atoms with van der Waals surface area (Å²) in [7, 11) is 0. The van der Waals surface area contributed by atoms with Crippen LogP contribution in [0.25, 0.3) is 11.3 Å². The van der Waals surface area contributed by atoms with E-state index >= 15 is 0 Å². The summed E-state index contributed by atoms with van der Waals surface area (Å²) in [6.07, 6.45) is 3.43. The first kappa shape index (κ1) is 20.6. The van der Waals surface area contributed by atoms with Crippen LogP contribution < -0.4 is 5.32 Å². The lowest BCUT2D eigenvalue weighted by atomic mass is 9.84. The zero-order valence-electron chi connectivity index (χ0n) is 17.6. The van der Waals surface area contributed by atoms with Crippen molar-refractivity contribution in [1.29, 1.82) is 0 Å². The monoisotopic (exact) mass is 410 g/mol. The normalized spacial score (nSPS) is 11.3. The minimum absolute atomic E-state index is 0.00467. The van der Waals surface area contributed by atoms with E-state index in [1.165, 1.54) is 0 Å². The van der Waals surface area contributed by atoms with E-state index in [9.17, 15) is 4.79 Å². The summed E-state index contributed by atoms with van der Waals surface area (Å²) in [5.41, 5.74) is 2.51. The Hall–Kier alpha value is -3.66. The van der Waals surface area contributed by atoms with Gasteiger partial charge >= 0.3 is 0 Å². The zero-order valence-corrected chi connectivity index (χ0v) is 17.6. The van der Waals surface area contributed by atoms with E-state index in [0.717, 1.165) is 22.5 Å². The number of oxazole rings is 1. The highest BCUT2D eigenvalue weighted by Gasteiger charge is 2.30. The summed E-state index contributed by atoms with van der Waals surface area (Å²) < 4.78 is 5.85. The summed E-state index contributed by atoms with van der Waals surface area (Å²) in [6.45, 7) is 2.05. The number of nitrogens with one attached hydrogen (secondary N) is 1. The molecular formula is C27H26N2O2. The van der Waals surface area contributed by atoms with Crippen molar-refractivity contribution in [3.63, 3.8) is 0 Å². The van der Waals surface area contributed by atoms with E-state index in [4.69, 9.17) is 4.42 Å². The molecule has 3 aromatic carbocycles. The van der Waals surface area contributed by atoms with Crippen molar-refractivity contribution in [3.8, 4) is 11.3 Å². The topological polar surface area (TPSA) is 55.1 Å². The summed E-state index contributed by atoms with van der Waals surface area (Å²) in [6, 6.07) is 30.0. The molecule has 1 aromatic heterocycles. The average molecular weight is 411 g/mol. The van der Waals surface area contributed by atoms with E-state index in [1.807, 2.05) is 91.0 Å². The molecule has 0 unspecified atom stereocenters. The molecule has 0 atom stereocenters. The van der Waals surface area contributed by atoms with Crippen molar-refractivity contribution >= 4 is 5.91 Å². The highest BCUT2D eigenvalue weighted by molar-refractivity contribution is 5.77. The molecule has 0 aliphatic rings. The lowest BCUT2D eigenvalue weighted by molar-refractivity contribution is -0.122. The molecule has 0 aliphatic carbocycles. The van der Waals surface area contributed by atoms with Gasteiger partial charge in [0.2, 0.25) is 5.91 Å². The van der Waals surface area contributed by atoms with Crippen molar-refractivity contribution in [2.24, 2.45) is 0 Å². The number of carbonyl (C=O) groups is 1. The second kappa shape index (κ2) is 9.43. The van der Waals surface area contributed by atoms with Crippen LogP contribution in [0.3, 0.4) is 0 Å². The number of aryl methyl sites for hydroxylation is 1. The highest BCUT2D eigenvalue weighted by atomic mass is 16.4. The third kappa shape index (κ3) is 4.92. The third-order valence-corrected chi connectivity index (χ3v) is 5.50. The maximum Gasteiger partial charge on any atom is 0.220 e. The van der Waals surface area contributed by atoms with Gasteiger partial charge in [-0.15, -0.1) is 0 Å². The van der Waals surface area contributed by atoms with Gasteiger partial charge in [0.1, 0.15) is 0 Å². The number of carbonyl (C=O) groups excluding carboxylic acids is 1. The second-order valence-electron chi connectivity index (χ2n) is 7.74. The molecule has 0 bridgehead atoms. The molecule has 1 heterocycles. The predicted octanol–water partition coefficient (Wildman–Crippen LogP) is 5.74. The molecule has 0 saturated heterocycles. The smallest absolute Gasteiger partial charge is 0.220 e. The van der Waals surface area contributed by atoms with Gasteiger partial charge in [-0.1, -0.05) is 91.0 Å². The average Bonchev–Trinajstić information content (AvgIpc) is 3.30. The molecule has 0 aliphatic heterocycles. The Labute approximate surface area is 183 Å². The number of hydrogen-bond donors (Lipinski definition) is 1. The van der Waals surface area contributed by atoms with Crippen LogP contribution in [0.1, 0.15) is 36.8 Å². The Balaban J connectivity index is 1.39. The Bertz CT molecular complexity index is 1070. The van der Waals surface area contributed by atoms with Crippen molar-refractivity contribution in [2.75, 3.05) is 0 Å². The fraction of sp³-hybridized carbons (Fsp3) is 0.185. The van der Waals surface area contributed by atoms with E-state index in [2.05, 4.69) is 17.2 Å². The maximum absolute atomic E-state index is 12.9. The van der Waals surface area contributed by atoms with Gasteiger partial charge in [-0.3, -0.25) is 4.79 Å². The largest absolute Gasteiger partial charge is 0.441 e. The molecular weight excluding hydrogens is 384 g/mol. The number of benzene rings is 3. The summed E-state index contributed by atoms with van der Waals surface area (Å²) in [4.78, 5) is 17.2. The predicted molar refractivity (Wildman–Crippen MR) is 122 cm³/mol. The number of aromatic nitrogens is 1. The fourth-order valence-corrected chi connectivity index (χ4v) is 3.76. The number of nitrogens with zero attached hydrogens (tertiary/aromatic N) is 1. The Kier molecular flexibility index (Phi) is 6.27. The maximum atomic E-state index is 12.9. The first-order chi connectivity index (χ1) is 15.1. The molecule has 4 nitrogen and oxygen atoms in total. The molecule has 156 valence electrons. The number of amides is 1. The van der Waals surface area contributed by atoms with E-state index < -0.39 is 5.54 Å². The van der Waals surface area contributed by atoms with Crippen molar-refractivity contribution in [3.05, 3.63) is 114 Å². The molecule has 0 radical (unpaired) electrons. The molecule has 1 N–H and O–H groups in total. The minimum atomic E-state index is -0.594. The van der Waals surface area contributed by atoms with Crippen LogP contribution in [-0.2, 0) is 16.8 Å². The first-order valence-electron chi connectivity index (χ1n) is 10.6. The van der Waals surface area contributed by atoms with Crippen LogP contribution in [0.15, 0.2) is 102 Å². The van der Waals surface area contributed by atoms with Crippen LogP contribution in [0.4, 0.5) is 0 Å². The number of rotatable bonds is 8. The van der Waals surface area contributed by atoms with Crippen LogP contribution in [0, 0.1) is 0 Å². The van der Waals surface area contributed by atoms with Crippen molar-refractivity contribution in [1.82, 2.24) is 10.3 Å². The van der Waals surface area contributed by atoms with Gasteiger partial charge < -0.3 is 9.73 Å².